The van der Waals surface area contributed by atoms with Crippen molar-refractivity contribution in [2.24, 2.45) is 5.92 Å². The van der Waals surface area contributed by atoms with E-state index >= 15 is 0 Å². The summed E-state index contributed by atoms with van der Waals surface area (Å²) in [5, 5.41) is 13.3. The van der Waals surface area contributed by atoms with Crippen LogP contribution in [0.25, 0.3) is 0 Å². The number of rotatable bonds is 5. The summed E-state index contributed by atoms with van der Waals surface area (Å²) in [6, 6.07) is 0. The molecule has 0 aromatic heterocycles. The van der Waals surface area contributed by atoms with E-state index in [0.29, 0.717) is 12.0 Å². The van der Waals surface area contributed by atoms with Crippen molar-refractivity contribution in [1.82, 2.24) is 5.32 Å². The summed E-state index contributed by atoms with van der Waals surface area (Å²) >= 11 is 0. The van der Waals surface area contributed by atoms with Gasteiger partial charge in [0.1, 0.15) is 0 Å². The van der Waals surface area contributed by atoms with Crippen molar-refractivity contribution >= 4 is 0 Å². The number of hydrogen-bond acceptors (Lipinski definition) is 3. The zero-order chi connectivity index (χ0) is 11.4. The molecule has 94 valence electrons. The lowest BCUT2D eigenvalue weighted by molar-refractivity contribution is 0.0740. The molecule has 1 heterocycles. The van der Waals surface area contributed by atoms with Crippen LogP contribution in [0.15, 0.2) is 0 Å². The Bertz CT molecular complexity index is 216. The van der Waals surface area contributed by atoms with Gasteiger partial charge in [-0.15, -0.1) is 0 Å². The summed E-state index contributed by atoms with van der Waals surface area (Å²) in [6.45, 7) is 4.33. The van der Waals surface area contributed by atoms with Crippen LogP contribution in [0, 0.1) is 5.92 Å². The SMILES string of the molecule is CCC1CCCC1(CO)NCC1CCCO1. The fourth-order valence-electron chi connectivity index (χ4n) is 3.36. The Morgan fingerprint density at radius 1 is 1.38 bits per heavy atom. The van der Waals surface area contributed by atoms with Gasteiger partial charge >= 0.3 is 0 Å². The molecule has 3 unspecified atom stereocenters. The average Bonchev–Trinajstić information content (AvgIpc) is 2.96. The predicted octanol–water partition coefficient (Wildman–Crippen LogP) is 1.70. The van der Waals surface area contributed by atoms with Crippen molar-refractivity contribution < 1.29 is 9.84 Å². The highest BCUT2D eigenvalue weighted by Crippen LogP contribution is 2.37. The molecule has 1 aliphatic carbocycles. The second-order valence-corrected chi connectivity index (χ2v) is 5.33. The van der Waals surface area contributed by atoms with Crippen LogP contribution in [0.2, 0.25) is 0 Å². The van der Waals surface area contributed by atoms with Crippen molar-refractivity contribution in [3.8, 4) is 0 Å². The van der Waals surface area contributed by atoms with E-state index in [1.807, 2.05) is 0 Å². The van der Waals surface area contributed by atoms with E-state index in [2.05, 4.69) is 12.2 Å². The molecule has 2 N–H and O–H groups in total. The summed E-state index contributed by atoms with van der Waals surface area (Å²) < 4.78 is 5.63. The Morgan fingerprint density at radius 2 is 2.25 bits per heavy atom. The van der Waals surface area contributed by atoms with Crippen LogP contribution in [0.4, 0.5) is 0 Å². The van der Waals surface area contributed by atoms with Gasteiger partial charge in [0, 0.05) is 18.7 Å². The first kappa shape index (κ1) is 12.3. The first-order valence-corrected chi connectivity index (χ1v) is 6.78. The van der Waals surface area contributed by atoms with E-state index in [4.69, 9.17) is 4.74 Å². The van der Waals surface area contributed by atoms with Crippen molar-refractivity contribution in [2.45, 2.75) is 57.1 Å². The lowest BCUT2D eigenvalue weighted by Crippen LogP contribution is -2.53. The molecular weight excluding hydrogens is 202 g/mol. The van der Waals surface area contributed by atoms with Gasteiger partial charge in [-0.2, -0.15) is 0 Å². The van der Waals surface area contributed by atoms with Gasteiger partial charge in [-0.25, -0.2) is 0 Å². The van der Waals surface area contributed by atoms with Gasteiger partial charge in [0.25, 0.3) is 0 Å². The van der Waals surface area contributed by atoms with Crippen LogP contribution in [-0.4, -0.2) is 36.5 Å². The van der Waals surface area contributed by atoms with Gasteiger partial charge in [-0.05, 0) is 31.6 Å². The molecule has 1 saturated carbocycles. The van der Waals surface area contributed by atoms with E-state index < -0.39 is 0 Å². The van der Waals surface area contributed by atoms with Crippen molar-refractivity contribution in [3.05, 3.63) is 0 Å². The van der Waals surface area contributed by atoms with E-state index in [1.165, 1.54) is 32.1 Å². The Kier molecular flexibility index (Phi) is 4.22. The molecular formula is C13H25NO2. The van der Waals surface area contributed by atoms with E-state index in [-0.39, 0.29) is 12.1 Å². The standard InChI is InChI=1S/C13H25NO2/c1-2-11-5-3-7-13(11,10-15)14-9-12-6-4-8-16-12/h11-12,14-15H,2-10H2,1H3. The van der Waals surface area contributed by atoms with Gasteiger partial charge < -0.3 is 15.2 Å². The van der Waals surface area contributed by atoms with Gasteiger partial charge in [0.05, 0.1) is 12.7 Å². The smallest absolute Gasteiger partial charge is 0.0700 e. The van der Waals surface area contributed by atoms with Gasteiger partial charge in [0.2, 0.25) is 0 Å². The third kappa shape index (κ3) is 2.41. The fraction of sp³-hybridized carbons (Fsp3) is 1.00. The molecule has 0 spiro atoms. The molecule has 0 aromatic rings. The average molecular weight is 227 g/mol. The topological polar surface area (TPSA) is 41.5 Å². The quantitative estimate of drug-likeness (QED) is 0.751. The monoisotopic (exact) mass is 227 g/mol. The second-order valence-electron chi connectivity index (χ2n) is 5.33. The van der Waals surface area contributed by atoms with Crippen LogP contribution in [0.5, 0.6) is 0 Å². The minimum absolute atomic E-state index is 0.0132. The molecule has 2 fully saturated rings. The molecule has 2 aliphatic rings. The molecule has 0 radical (unpaired) electrons. The number of hydrogen-bond donors (Lipinski definition) is 2. The fourth-order valence-corrected chi connectivity index (χ4v) is 3.36. The highest BCUT2D eigenvalue weighted by Gasteiger charge is 2.41. The number of ether oxygens (including phenoxy) is 1. The lowest BCUT2D eigenvalue weighted by atomic mass is 9.85. The number of aliphatic hydroxyl groups excluding tert-OH is 1. The highest BCUT2D eigenvalue weighted by atomic mass is 16.5. The normalized spacial score (nSPS) is 39.4. The first-order chi connectivity index (χ1) is 7.80. The van der Waals surface area contributed by atoms with Gasteiger partial charge in [0.15, 0.2) is 0 Å². The maximum atomic E-state index is 9.69. The van der Waals surface area contributed by atoms with E-state index in [0.717, 1.165) is 19.6 Å². The molecule has 1 saturated heterocycles. The Balaban J connectivity index is 1.87. The highest BCUT2D eigenvalue weighted by molar-refractivity contribution is 4.99. The van der Waals surface area contributed by atoms with Crippen molar-refractivity contribution in [3.63, 3.8) is 0 Å². The maximum absolute atomic E-state index is 9.69. The molecule has 3 heteroatoms. The summed E-state index contributed by atoms with van der Waals surface area (Å²) in [4.78, 5) is 0. The summed E-state index contributed by atoms with van der Waals surface area (Å²) in [5.41, 5.74) is -0.0132. The van der Waals surface area contributed by atoms with Gasteiger partial charge in [-0.1, -0.05) is 19.8 Å². The molecule has 2 rings (SSSR count). The van der Waals surface area contributed by atoms with E-state index in [9.17, 15) is 5.11 Å². The molecule has 1 aliphatic heterocycles. The first-order valence-electron chi connectivity index (χ1n) is 6.78. The lowest BCUT2D eigenvalue weighted by Gasteiger charge is -2.35. The summed E-state index contributed by atoms with van der Waals surface area (Å²) in [7, 11) is 0. The van der Waals surface area contributed by atoms with Crippen LogP contribution in [-0.2, 0) is 4.74 Å². The maximum Gasteiger partial charge on any atom is 0.0700 e. The molecule has 3 atom stereocenters. The molecule has 3 nitrogen and oxygen atoms in total. The van der Waals surface area contributed by atoms with Crippen molar-refractivity contribution in [1.29, 1.82) is 0 Å². The number of nitrogens with one attached hydrogen (secondary N) is 1. The van der Waals surface area contributed by atoms with Crippen LogP contribution >= 0.6 is 0 Å². The molecule has 0 aromatic carbocycles. The zero-order valence-corrected chi connectivity index (χ0v) is 10.4. The Labute approximate surface area is 98.6 Å². The van der Waals surface area contributed by atoms with E-state index in [1.54, 1.807) is 0 Å². The third-order valence-electron chi connectivity index (χ3n) is 4.44. The van der Waals surface area contributed by atoms with Gasteiger partial charge in [-0.3, -0.25) is 0 Å². The molecule has 16 heavy (non-hydrogen) atoms. The summed E-state index contributed by atoms with van der Waals surface area (Å²) in [5.74, 6) is 0.638. The largest absolute Gasteiger partial charge is 0.394 e. The zero-order valence-electron chi connectivity index (χ0n) is 10.4. The van der Waals surface area contributed by atoms with Crippen LogP contribution < -0.4 is 5.32 Å². The third-order valence-corrected chi connectivity index (χ3v) is 4.44. The molecule has 0 amide bonds. The minimum Gasteiger partial charge on any atom is -0.394 e. The summed E-state index contributed by atoms with van der Waals surface area (Å²) in [6.07, 6.45) is 7.53. The van der Waals surface area contributed by atoms with Crippen LogP contribution in [0.1, 0.15) is 45.4 Å². The van der Waals surface area contributed by atoms with Crippen LogP contribution in [0.3, 0.4) is 0 Å². The predicted molar refractivity (Wildman–Crippen MR) is 64.4 cm³/mol. The second kappa shape index (κ2) is 5.48. The molecule has 0 bridgehead atoms. The Morgan fingerprint density at radius 3 is 2.88 bits per heavy atom. The number of aliphatic hydroxyl groups is 1. The Hall–Kier alpha value is -0.120. The minimum atomic E-state index is -0.0132. The van der Waals surface area contributed by atoms with Crippen molar-refractivity contribution in [2.75, 3.05) is 19.8 Å².